The molecule has 0 amide bonds. The summed E-state index contributed by atoms with van der Waals surface area (Å²) >= 11 is 0. The van der Waals surface area contributed by atoms with Gasteiger partial charge in [0.1, 0.15) is 5.75 Å². The van der Waals surface area contributed by atoms with Crippen molar-refractivity contribution in [1.82, 2.24) is 0 Å². The first kappa shape index (κ1) is 13.9. The Hall–Kier alpha value is -1.20. The van der Waals surface area contributed by atoms with E-state index in [1.54, 1.807) is 0 Å². The Kier molecular flexibility index (Phi) is 4.43. The van der Waals surface area contributed by atoms with Crippen LogP contribution in [0.5, 0.6) is 5.75 Å². The normalized spacial score (nSPS) is 13.5. The van der Waals surface area contributed by atoms with Crippen LogP contribution in [0.1, 0.15) is 20.3 Å². The molecular formula is C11H14BF4O-. The van der Waals surface area contributed by atoms with Crippen molar-refractivity contribution in [1.29, 1.82) is 0 Å². The Bertz CT molecular complexity index is 378. The monoisotopic (exact) mass is 249 g/mol. The van der Waals surface area contributed by atoms with Crippen LogP contribution < -0.4 is 10.2 Å². The molecule has 0 aliphatic rings. The standard InChI is InChI=1S/C11H14BF4O/c1-3-8(2)7-17-9-4-5-10(11(13)6-9)12(14,15)16/h4-6,8H,3,7H2,1-2H3/q-1. The van der Waals surface area contributed by atoms with Gasteiger partial charge >= 0.3 is 6.98 Å². The van der Waals surface area contributed by atoms with E-state index in [9.17, 15) is 17.3 Å². The number of hydrogen-bond donors (Lipinski definition) is 0. The van der Waals surface area contributed by atoms with Crippen LogP contribution in [0.15, 0.2) is 18.2 Å². The van der Waals surface area contributed by atoms with Gasteiger partial charge in [0, 0.05) is 6.07 Å². The van der Waals surface area contributed by atoms with Crippen molar-refractivity contribution in [2.75, 3.05) is 6.61 Å². The molecule has 6 heteroatoms. The highest BCUT2D eigenvalue weighted by molar-refractivity contribution is 6.73. The molecule has 0 aromatic heterocycles. The lowest BCUT2D eigenvalue weighted by Gasteiger charge is -2.17. The minimum atomic E-state index is -5.30. The molecule has 1 nitrogen and oxygen atoms in total. The molecule has 0 bridgehead atoms. The molecule has 96 valence electrons. The third-order valence-electron chi connectivity index (χ3n) is 2.56. The number of hydrogen-bond acceptors (Lipinski definition) is 1. The lowest BCUT2D eigenvalue weighted by Crippen LogP contribution is -2.36. The van der Waals surface area contributed by atoms with Gasteiger partial charge in [0.05, 0.1) is 12.4 Å². The summed E-state index contributed by atoms with van der Waals surface area (Å²) in [5.74, 6) is -0.865. The summed E-state index contributed by atoms with van der Waals surface area (Å²) in [6.45, 7) is -1.01. The van der Waals surface area contributed by atoms with E-state index < -0.39 is 18.3 Å². The van der Waals surface area contributed by atoms with Crippen molar-refractivity contribution >= 4 is 12.4 Å². The maximum atomic E-state index is 13.2. The first-order valence-electron chi connectivity index (χ1n) is 5.46. The fourth-order valence-corrected chi connectivity index (χ4v) is 1.22. The Labute approximate surface area is 97.8 Å². The number of ether oxygens (including phenoxy) is 1. The van der Waals surface area contributed by atoms with Crippen molar-refractivity contribution in [3.63, 3.8) is 0 Å². The molecule has 0 spiro atoms. The Balaban J connectivity index is 2.76. The molecule has 0 saturated heterocycles. The van der Waals surface area contributed by atoms with Gasteiger partial charge in [-0.05, 0) is 12.0 Å². The fourth-order valence-electron chi connectivity index (χ4n) is 1.22. The van der Waals surface area contributed by atoms with Gasteiger partial charge in [0.2, 0.25) is 0 Å². The quantitative estimate of drug-likeness (QED) is 0.574. The second kappa shape index (κ2) is 5.43. The van der Waals surface area contributed by atoms with Crippen LogP contribution >= 0.6 is 0 Å². The molecule has 0 aliphatic heterocycles. The maximum absolute atomic E-state index is 13.2. The molecule has 0 heterocycles. The number of halogens is 4. The Morgan fingerprint density at radius 1 is 1.29 bits per heavy atom. The second-order valence-electron chi connectivity index (χ2n) is 4.08. The van der Waals surface area contributed by atoms with Gasteiger partial charge in [0.25, 0.3) is 0 Å². The molecule has 0 fully saturated rings. The third kappa shape index (κ3) is 3.95. The van der Waals surface area contributed by atoms with Gasteiger partial charge in [0.15, 0.2) is 0 Å². The summed E-state index contributed by atoms with van der Waals surface area (Å²) in [7, 11) is 0. The Morgan fingerprint density at radius 2 is 1.94 bits per heavy atom. The molecule has 1 atom stereocenters. The summed E-state index contributed by atoms with van der Waals surface area (Å²) in [6, 6.07) is 2.66. The smallest absolute Gasteiger partial charge is 0.493 e. The summed E-state index contributed by atoms with van der Waals surface area (Å²) in [4.78, 5) is 0. The zero-order valence-electron chi connectivity index (χ0n) is 9.72. The van der Waals surface area contributed by atoms with E-state index in [4.69, 9.17) is 4.74 Å². The van der Waals surface area contributed by atoms with E-state index >= 15 is 0 Å². The van der Waals surface area contributed by atoms with E-state index in [2.05, 4.69) is 0 Å². The molecule has 0 N–H and O–H groups in total. The molecule has 0 aliphatic carbocycles. The van der Waals surface area contributed by atoms with Crippen LogP contribution in [0.2, 0.25) is 0 Å². The first-order valence-corrected chi connectivity index (χ1v) is 5.46. The zero-order valence-corrected chi connectivity index (χ0v) is 9.72. The number of benzene rings is 1. The lowest BCUT2D eigenvalue weighted by atomic mass is 9.80. The Morgan fingerprint density at radius 3 is 2.41 bits per heavy atom. The molecular weight excluding hydrogens is 235 g/mol. The predicted molar refractivity (Wildman–Crippen MR) is 60.1 cm³/mol. The fraction of sp³-hybridized carbons (Fsp3) is 0.455. The maximum Gasteiger partial charge on any atom is 0.512 e. The van der Waals surface area contributed by atoms with E-state index in [-0.39, 0.29) is 11.7 Å². The lowest BCUT2D eigenvalue weighted by molar-refractivity contribution is 0.255. The largest absolute Gasteiger partial charge is 0.512 e. The minimum Gasteiger partial charge on any atom is -0.493 e. The van der Waals surface area contributed by atoms with E-state index in [1.807, 2.05) is 13.8 Å². The zero-order chi connectivity index (χ0) is 13.1. The highest BCUT2D eigenvalue weighted by atomic mass is 19.4. The predicted octanol–water partition coefficient (Wildman–Crippen LogP) is 3.31. The molecule has 1 aromatic rings. The average molecular weight is 249 g/mol. The summed E-state index contributed by atoms with van der Waals surface area (Å²) < 4.78 is 55.4. The van der Waals surface area contributed by atoms with Crippen molar-refractivity contribution < 1.29 is 22.1 Å². The molecule has 0 radical (unpaired) electrons. The van der Waals surface area contributed by atoms with Crippen molar-refractivity contribution in [2.24, 2.45) is 5.92 Å². The van der Waals surface area contributed by atoms with Crippen LogP contribution in [0.3, 0.4) is 0 Å². The summed E-state index contributed by atoms with van der Waals surface area (Å²) in [5.41, 5.74) is -1.21. The minimum absolute atomic E-state index is 0.131. The average Bonchev–Trinajstić information content (AvgIpc) is 2.24. The molecule has 1 unspecified atom stereocenters. The van der Waals surface area contributed by atoms with Crippen molar-refractivity contribution in [3.8, 4) is 5.75 Å². The SMILES string of the molecule is CCC(C)COc1ccc([B-](F)(F)F)c(F)c1. The van der Waals surface area contributed by atoms with Gasteiger partial charge in [-0.1, -0.05) is 31.8 Å². The molecule has 1 aromatic carbocycles. The van der Waals surface area contributed by atoms with Gasteiger partial charge in [-0.3, -0.25) is 0 Å². The van der Waals surface area contributed by atoms with Crippen LogP contribution in [0.25, 0.3) is 0 Å². The highest BCUT2D eigenvalue weighted by Crippen LogP contribution is 2.17. The molecule has 17 heavy (non-hydrogen) atoms. The van der Waals surface area contributed by atoms with E-state index in [1.165, 1.54) is 0 Å². The van der Waals surface area contributed by atoms with Gasteiger partial charge < -0.3 is 17.7 Å². The van der Waals surface area contributed by atoms with Crippen LogP contribution in [0, 0.1) is 11.7 Å². The van der Waals surface area contributed by atoms with Crippen LogP contribution in [-0.4, -0.2) is 13.6 Å². The third-order valence-corrected chi connectivity index (χ3v) is 2.56. The van der Waals surface area contributed by atoms with E-state index in [0.717, 1.165) is 24.6 Å². The van der Waals surface area contributed by atoms with Crippen LogP contribution in [-0.2, 0) is 0 Å². The second-order valence-corrected chi connectivity index (χ2v) is 4.08. The van der Waals surface area contributed by atoms with Crippen LogP contribution in [0.4, 0.5) is 17.3 Å². The summed E-state index contributed by atoms with van der Waals surface area (Å²) in [6.07, 6.45) is 0.895. The van der Waals surface area contributed by atoms with Crippen molar-refractivity contribution in [3.05, 3.63) is 24.0 Å². The van der Waals surface area contributed by atoms with Crippen molar-refractivity contribution in [2.45, 2.75) is 20.3 Å². The molecule has 1 rings (SSSR count). The topological polar surface area (TPSA) is 9.23 Å². The molecule has 0 saturated carbocycles. The highest BCUT2D eigenvalue weighted by Gasteiger charge is 2.28. The van der Waals surface area contributed by atoms with E-state index in [0.29, 0.717) is 6.61 Å². The first-order chi connectivity index (χ1) is 7.84. The summed E-state index contributed by atoms with van der Waals surface area (Å²) in [5, 5.41) is 0. The van der Waals surface area contributed by atoms with Gasteiger partial charge in [-0.25, -0.2) is 4.39 Å². The van der Waals surface area contributed by atoms with Gasteiger partial charge in [-0.15, -0.1) is 0 Å². The van der Waals surface area contributed by atoms with Gasteiger partial charge in [-0.2, -0.15) is 0 Å². The number of rotatable bonds is 5.